The summed E-state index contributed by atoms with van der Waals surface area (Å²) in [5.41, 5.74) is 1.10. The van der Waals surface area contributed by atoms with Crippen molar-refractivity contribution in [1.29, 1.82) is 0 Å². The molecule has 0 saturated heterocycles. The van der Waals surface area contributed by atoms with Crippen LogP contribution in [0.4, 0.5) is 5.69 Å². The standard InChI is InChI=1S/C11H12N2O2/c1-2-8-11(15)13-9-6-4-3-5-7(9)10(14)12-8/h3-6,8H,2H2,1H3,(H,12,14)(H,13,15). The molecule has 15 heavy (non-hydrogen) atoms. The Morgan fingerprint density at radius 2 is 2.00 bits per heavy atom. The Hall–Kier alpha value is -1.84. The van der Waals surface area contributed by atoms with E-state index in [1.807, 2.05) is 6.92 Å². The van der Waals surface area contributed by atoms with E-state index in [4.69, 9.17) is 0 Å². The monoisotopic (exact) mass is 204 g/mol. The van der Waals surface area contributed by atoms with Crippen LogP contribution in [0, 0.1) is 0 Å². The van der Waals surface area contributed by atoms with Gasteiger partial charge in [-0.05, 0) is 18.6 Å². The second-order valence-corrected chi connectivity index (χ2v) is 3.47. The van der Waals surface area contributed by atoms with Gasteiger partial charge in [0.25, 0.3) is 5.91 Å². The number of para-hydroxylation sites is 1. The van der Waals surface area contributed by atoms with Crippen molar-refractivity contribution in [3.8, 4) is 0 Å². The fraction of sp³-hybridized carbons (Fsp3) is 0.273. The summed E-state index contributed by atoms with van der Waals surface area (Å²) in [6.07, 6.45) is 0.589. The van der Waals surface area contributed by atoms with Gasteiger partial charge < -0.3 is 10.6 Å². The fourth-order valence-electron chi connectivity index (χ4n) is 1.60. The van der Waals surface area contributed by atoms with E-state index in [1.165, 1.54) is 0 Å². The predicted molar refractivity (Wildman–Crippen MR) is 56.6 cm³/mol. The Morgan fingerprint density at radius 1 is 1.27 bits per heavy atom. The van der Waals surface area contributed by atoms with Gasteiger partial charge in [-0.1, -0.05) is 19.1 Å². The summed E-state index contributed by atoms with van der Waals surface area (Å²) in [6.45, 7) is 1.86. The molecule has 4 heteroatoms. The quantitative estimate of drug-likeness (QED) is 0.720. The molecule has 0 aromatic heterocycles. The third kappa shape index (κ3) is 1.70. The minimum atomic E-state index is -0.440. The zero-order chi connectivity index (χ0) is 10.8. The van der Waals surface area contributed by atoms with Crippen LogP contribution in [0.15, 0.2) is 24.3 Å². The van der Waals surface area contributed by atoms with Crippen molar-refractivity contribution in [2.45, 2.75) is 19.4 Å². The Morgan fingerprint density at radius 3 is 2.73 bits per heavy atom. The van der Waals surface area contributed by atoms with E-state index in [0.29, 0.717) is 17.7 Å². The van der Waals surface area contributed by atoms with Crippen LogP contribution in [0.2, 0.25) is 0 Å². The fourth-order valence-corrected chi connectivity index (χ4v) is 1.60. The van der Waals surface area contributed by atoms with E-state index >= 15 is 0 Å². The van der Waals surface area contributed by atoms with Gasteiger partial charge in [-0.3, -0.25) is 9.59 Å². The lowest BCUT2D eigenvalue weighted by atomic mass is 10.1. The second-order valence-electron chi connectivity index (χ2n) is 3.47. The lowest BCUT2D eigenvalue weighted by Gasteiger charge is -2.10. The van der Waals surface area contributed by atoms with Gasteiger partial charge in [0.1, 0.15) is 6.04 Å². The van der Waals surface area contributed by atoms with E-state index in [2.05, 4.69) is 10.6 Å². The van der Waals surface area contributed by atoms with Crippen LogP contribution >= 0.6 is 0 Å². The van der Waals surface area contributed by atoms with Gasteiger partial charge in [0, 0.05) is 0 Å². The number of hydrogen-bond donors (Lipinski definition) is 2. The van der Waals surface area contributed by atoms with Gasteiger partial charge in [0.2, 0.25) is 5.91 Å². The third-order valence-corrected chi connectivity index (χ3v) is 2.46. The summed E-state index contributed by atoms with van der Waals surface area (Å²) in [5.74, 6) is -0.355. The molecule has 0 radical (unpaired) electrons. The van der Waals surface area contributed by atoms with Gasteiger partial charge in [0.05, 0.1) is 11.3 Å². The minimum absolute atomic E-state index is 0.157. The van der Waals surface area contributed by atoms with Crippen molar-refractivity contribution >= 4 is 17.5 Å². The normalized spacial score (nSPS) is 19.9. The van der Waals surface area contributed by atoms with Crippen LogP contribution in [-0.2, 0) is 4.79 Å². The molecule has 2 rings (SSSR count). The molecule has 2 N–H and O–H groups in total. The number of hydrogen-bond acceptors (Lipinski definition) is 2. The summed E-state index contributed by atoms with van der Waals surface area (Å²) in [7, 11) is 0. The minimum Gasteiger partial charge on any atom is -0.340 e. The number of amides is 2. The van der Waals surface area contributed by atoms with Gasteiger partial charge in [-0.15, -0.1) is 0 Å². The summed E-state index contributed by atoms with van der Waals surface area (Å²) in [5, 5.41) is 5.42. The lowest BCUT2D eigenvalue weighted by molar-refractivity contribution is -0.117. The first-order valence-electron chi connectivity index (χ1n) is 4.93. The van der Waals surface area contributed by atoms with Crippen molar-refractivity contribution in [1.82, 2.24) is 5.32 Å². The number of rotatable bonds is 1. The molecule has 1 aliphatic rings. The molecule has 4 nitrogen and oxygen atoms in total. The molecule has 1 aromatic carbocycles. The summed E-state index contributed by atoms with van der Waals surface area (Å²) >= 11 is 0. The van der Waals surface area contributed by atoms with Gasteiger partial charge in [-0.25, -0.2) is 0 Å². The summed E-state index contributed by atoms with van der Waals surface area (Å²) in [4.78, 5) is 23.3. The van der Waals surface area contributed by atoms with Gasteiger partial charge in [-0.2, -0.15) is 0 Å². The van der Waals surface area contributed by atoms with Crippen molar-refractivity contribution in [2.24, 2.45) is 0 Å². The molecule has 0 aliphatic carbocycles. The van der Waals surface area contributed by atoms with Crippen molar-refractivity contribution in [2.75, 3.05) is 5.32 Å². The SMILES string of the molecule is CCC1NC(=O)c2ccccc2NC1=O. The largest absolute Gasteiger partial charge is 0.340 e. The van der Waals surface area contributed by atoms with E-state index < -0.39 is 6.04 Å². The van der Waals surface area contributed by atoms with E-state index in [0.717, 1.165) is 0 Å². The van der Waals surface area contributed by atoms with Gasteiger partial charge in [0.15, 0.2) is 0 Å². The maximum absolute atomic E-state index is 11.7. The molecule has 1 heterocycles. The highest BCUT2D eigenvalue weighted by molar-refractivity contribution is 6.09. The first kappa shape index (κ1) is 9.71. The first-order chi connectivity index (χ1) is 7.22. The molecular weight excluding hydrogens is 192 g/mol. The number of carbonyl (C=O) groups excluding carboxylic acids is 2. The molecule has 0 saturated carbocycles. The number of nitrogens with one attached hydrogen (secondary N) is 2. The van der Waals surface area contributed by atoms with Crippen molar-refractivity contribution in [3.05, 3.63) is 29.8 Å². The summed E-state index contributed by atoms with van der Waals surface area (Å²) < 4.78 is 0. The maximum Gasteiger partial charge on any atom is 0.254 e. The average Bonchev–Trinajstić information content (AvgIpc) is 2.37. The Kier molecular flexibility index (Phi) is 2.41. The van der Waals surface area contributed by atoms with Crippen LogP contribution in [0.3, 0.4) is 0 Å². The zero-order valence-electron chi connectivity index (χ0n) is 8.41. The Labute approximate surface area is 87.7 Å². The third-order valence-electron chi connectivity index (χ3n) is 2.46. The molecule has 2 amide bonds. The molecule has 0 spiro atoms. The molecular formula is C11H12N2O2. The highest BCUT2D eigenvalue weighted by atomic mass is 16.2. The predicted octanol–water partition coefficient (Wildman–Crippen LogP) is 1.15. The summed E-state index contributed by atoms with van der Waals surface area (Å²) in [6, 6.07) is 6.55. The van der Waals surface area contributed by atoms with Crippen molar-refractivity contribution in [3.63, 3.8) is 0 Å². The molecule has 1 aliphatic heterocycles. The highest BCUT2D eigenvalue weighted by Gasteiger charge is 2.25. The van der Waals surface area contributed by atoms with Crippen LogP contribution in [-0.4, -0.2) is 17.9 Å². The number of anilines is 1. The molecule has 0 fully saturated rings. The highest BCUT2D eigenvalue weighted by Crippen LogP contribution is 2.18. The lowest BCUT2D eigenvalue weighted by Crippen LogP contribution is -2.40. The number of carbonyl (C=O) groups is 2. The Bertz CT molecular complexity index is 415. The van der Waals surface area contributed by atoms with E-state index in [9.17, 15) is 9.59 Å². The molecule has 1 unspecified atom stereocenters. The Balaban J connectivity index is 2.41. The average molecular weight is 204 g/mol. The molecule has 1 aromatic rings. The topological polar surface area (TPSA) is 58.2 Å². The van der Waals surface area contributed by atoms with E-state index in [1.54, 1.807) is 24.3 Å². The number of fused-ring (bicyclic) bond motifs is 1. The van der Waals surface area contributed by atoms with Crippen LogP contribution in [0.25, 0.3) is 0 Å². The van der Waals surface area contributed by atoms with Gasteiger partial charge >= 0.3 is 0 Å². The number of benzene rings is 1. The maximum atomic E-state index is 11.7. The molecule has 1 atom stereocenters. The first-order valence-corrected chi connectivity index (χ1v) is 4.93. The van der Waals surface area contributed by atoms with Crippen molar-refractivity contribution < 1.29 is 9.59 Å². The molecule has 0 bridgehead atoms. The zero-order valence-corrected chi connectivity index (χ0v) is 8.41. The molecule has 78 valence electrons. The second kappa shape index (κ2) is 3.73. The van der Waals surface area contributed by atoms with Crippen LogP contribution in [0.1, 0.15) is 23.7 Å². The van der Waals surface area contributed by atoms with E-state index in [-0.39, 0.29) is 11.8 Å². The smallest absolute Gasteiger partial charge is 0.254 e. The van der Waals surface area contributed by atoms with Crippen LogP contribution < -0.4 is 10.6 Å². The van der Waals surface area contributed by atoms with Crippen LogP contribution in [0.5, 0.6) is 0 Å².